The average Bonchev–Trinajstić information content (AvgIpc) is 3.24. The highest BCUT2D eigenvalue weighted by atomic mass is 35.5. The van der Waals surface area contributed by atoms with E-state index >= 15 is 0 Å². The number of carbonyl (C=O) groups excluding carboxylic acids is 2. The van der Waals surface area contributed by atoms with Crippen molar-refractivity contribution >= 4 is 34.4 Å². The second-order valence-corrected chi connectivity index (χ2v) is 7.61. The Morgan fingerprint density at radius 1 is 1.13 bits per heavy atom. The standard InChI is InChI=1S/C22H23ClN4O3/c1-2-30-22(29)20(15-6-8-17(23)9-7-15)26-10-12-27(13-11-26)21(28)18-5-3-4-16-14-24-25-19(16)18/h3-9,14,20H,2,10-13H2,1H3,(H,24,25). The highest BCUT2D eigenvalue weighted by Gasteiger charge is 2.33. The van der Waals surface area contributed by atoms with Crippen LogP contribution in [0.15, 0.2) is 48.7 Å². The van der Waals surface area contributed by atoms with Crippen LogP contribution >= 0.6 is 11.6 Å². The number of benzene rings is 2. The number of fused-ring (bicyclic) bond motifs is 1. The van der Waals surface area contributed by atoms with E-state index in [1.54, 1.807) is 25.3 Å². The minimum Gasteiger partial charge on any atom is -0.465 e. The van der Waals surface area contributed by atoms with Crippen LogP contribution in [0.4, 0.5) is 0 Å². The average molecular weight is 427 g/mol. The number of rotatable bonds is 5. The van der Waals surface area contributed by atoms with Gasteiger partial charge in [-0.1, -0.05) is 35.9 Å². The Morgan fingerprint density at radius 2 is 1.87 bits per heavy atom. The van der Waals surface area contributed by atoms with Crippen LogP contribution in [0.2, 0.25) is 5.02 Å². The van der Waals surface area contributed by atoms with Crippen molar-refractivity contribution in [2.75, 3.05) is 32.8 Å². The number of aromatic amines is 1. The van der Waals surface area contributed by atoms with Crippen molar-refractivity contribution in [1.82, 2.24) is 20.0 Å². The van der Waals surface area contributed by atoms with Crippen LogP contribution in [0.25, 0.3) is 10.9 Å². The van der Waals surface area contributed by atoms with E-state index in [9.17, 15) is 9.59 Å². The van der Waals surface area contributed by atoms with Crippen molar-refractivity contribution in [2.45, 2.75) is 13.0 Å². The molecule has 0 spiro atoms. The number of H-pyrrole nitrogens is 1. The van der Waals surface area contributed by atoms with Crippen LogP contribution in [0.3, 0.4) is 0 Å². The third kappa shape index (κ3) is 4.04. The van der Waals surface area contributed by atoms with Gasteiger partial charge < -0.3 is 9.64 Å². The van der Waals surface area contributed by atoms with Gasteiger partial charge in [-0.15, -0.1) is 0 Å². The molecule has 2 aromatic carbocycles. The summed E-state index contributed by atoms with van der Waals surface area (Å²) in [5, 5.41) is 8.47. The van der Waals surface area contributed by atoms with Gasteiger partial charge in [0.05, 0.1) is 23.9 Å². The molecule has 1 saturated heterocycles. The fourth-order valence-electron chi connectivity index (χ4n) is 3.86. The highest BCUT2D eigenvalue weighted by molar-refractivity contribution is 6.30. The van der Waals surface area contributed by atoms with Gasteiger partial charge in [0.25, 0.3) is 5.91 Å². The third-order valence-corrected chi connectivity index (χ3v) is 5.62. The number of hydrogen-bond donors (Lipinski definition) is 1. The lowest BCUT2D eigenvalue weighted by Gasteiger charge is -2.38. The molecule has 156 valence electrons. The van der Waals surface area contributed by atoms with Crippen LogP contribution in [-0.4, -0.2) is 64.7 Å². The van der Waals surface area contributed by atoms with Crippen molar-refractivity contribution in [1.29, 1.82) is 0 Å². The number of amides is 1. The van der Waals surface area contributed by atoms with E-state index in [0.717, 1.165) is 16.5 Å². The molecule has 4 rings (SSSR count). The van der Waals surface area contributed by atoms with Crippen molar-refractivity contribution in [3.8, 4) is 0 Å². The summed E-state index contributed by atoms with van der Waals surface area (Å²) in [4.78, 5) is 29.7. The Balaban J connectivity index is 1.50. The first-order valence-corrected chi connectivity index (χ1v) is 10.3. The number of esters is 1. The molecule has 1 unspecified atom stereocenters. The van der Waals surface area contributed by atoms with Gasteiger partial charge in [0, 0.05) is 36.6 Å². The quantitative estimate of drug-likeness (QED) is 0.633. The number of piperazine rings is 1. The highest BCUT2D eigenvalue weighted by Crippen LogP contribution is 2.26. The molecule has 0 saturated carbocycles. The molecular formula is C22H23ClN4O3. The summed E-state index contributed by atoms with van der Waals surface area (Å²) in [6.07, 6.45) is 1.71. The molecule has 30 heavy (non-hydrogen) atoms. The van der Waals surface area contributed by atoms with Gasteiger partial charge in [0.1, 0.15) is 6.04 Å². The molecule has 8 heteroatoms. The summed E-state index contributed by atoms with van der Waals surface area (Å²) in [5.41, 5.74) is 2.19. The normalized spacial score (nSPS) is 15.9. The smallest absolute Gasteiger partial charge is 0.328 e. The van der Waals surface area contributed by atoms with E-state index in [-0.39, 0.29) is 11.9 Å². The fourth-order valence-corrected chi connectivity index (χ4v) is 3.99. The van der Waals surface area contributed by atoms with Crippen molar-refractivity contribution in [3.05, 3.63) is 64.8 Å². The summed E-state index contributed by atoms with van der Waals surface area (Å²) < 4.78 is 5.32. The first-order valence-electron chi connectivity index (χ1n) is 9.96. The monoisotopic (exact) mass is 426 g/mol. The minimum absolute atomic E-state index is 0.0383. The zero-order chi connectivity index (χ0) is 21.1. The number of nitrogens with one attached hydrogen (secondary N) is 1. The maximum atomic E-state index is 13.1. The van der Waals surface area contributed by atoms with Gasteiger partial charge in [-0.25, -0.2) is 4.79 Å². The van der Waals surface area contributed by atoms with Gasteiger partial charge in [-0.3, -0.25) is 14.8 Å². The van der Waals surface area contributed by atoms with E-state index in [2.05, 4.69) is 15.1 Å². The van der Waals surface area contributed by atoms with Crippen LogP contribution < -0.4 is 0 Å². The summed E-state index contributed by atoms with van der Waals surface area (Å²) in [7, 11) is 0. The Kier molecular flexibility index (Phi) is 6.01. The van der Waals surface area contributed by atoms with E-state index in [4.69, 9.17) is 16.3 Å². The Hall–Kier alpha value is -2.90. The van der Waals surface area contributed by atoms with Gasteiger partial charge in [-0.2, -0.15) is 5.10 Å². The Labute approximate surface area is 179 Å². The SMILES string of the molecule is CCOC(=O)C(c1ccc(Cl)cc1)N1CCN(C(=O)c2cccc3cn[nH]c23)CC1. The lowest BCUT2D eigenvalue weighted by molar-refractivity contribution is -0.150. The number of carbonyl (C=O) groups is 2. The van der Waals surface area contributed by atoms with Crippen molar-refractivity contribution in [3.63, 3.8) is 0 Å². The number of aromatic nitrogens is 2. The minimum atomic E-state index is -0.518. The molecule has 1 aliphatic heterocycles. The summed E-state index contributed by atoms with van der Waals surface area (Å²) >= 11 is 6.01. The molecule has 1 atom stereocenters. The predicted octanol–water partition coefficient (Wildman–Crippen LogP) is 3.28. The lowest BCUT2D eigenvalue weighted by Crippen LogP contribution is -2.51. The maximum absolute atomic E-state index is 13.1. The zero-order valence-corrected chi connectivity index (χ0v) is 17.4. The van der Waals surface area contributed by atoms with Crippen LogP contribution in [-0.2, 0) is 9.53 Å². The molecule has 2 heterocycles. The van der Waals surface area contributed by atoms with Gasteiger partial charge >= 0.3 is 5.97 Å². The topological polar surface area (TPSA) is 78.5 Å². The molecule has 1 N–H and O–H groups in total. The third-order valence-electron chi connectivity index (χ3n) is 5.37. The van der Waals surface area contributed by atoms with E-state index in [1.165, 1.54) is 0 Å². The number of nitrogens with zero attached hydrogens (tertiary/aromatic N) is 3. The van der Waals surface area contributed by atoms with E-state index in [1.807, 2.05) is 35.2 Å². The number of halogens is 1. The summed E-state index contributed by atoms with van der Waals surface area (Å²) in [6, 6.07) is 12.3. The zero-order valence-electron chi connectivity index (χ0n) is 16.7. The number of ether oxygens (including phenoxy) is 1. The second-order valence-electron chi connectivity index (χ2n) is 7.17. The van der Waals surface area contributed by atoms with Crippen LogP contribution in [0.1, 0.15) is 28.9 Å². The molecule has 0 radical (unpaired) electrons. The molecule has 3 aromatic rings. The molecule has 1 aromatic heterocycles. The van der Waals surface area contributed by atoms with E-state index < -0.39 is 6.04 Å². The molecule has 1 amide bonds. The number of para-hydroxylation sites is 1. The van der Waals surface area contributed by atoms with Crippen molar-refractivity contribution < 1.29 is 14.3 Å². The predicted molar refractivity (Wildman–Crippen MR) is 114 cm³/mol. The van der Waals surface area contributed by atoms with E-state index in [0.29, 0.717) is 43.4 Å². The fraction of sp³-hybridized carbons (Fsp3) is 0.318. The van der Waals surface area contributed by atoms with Crippen LogP contribution in [0, 0.1) is 0 Å². The number of hydrogen-bond acceptors (Lipinski definition) is 5. The lowest BCUT2D eigenvalue weighted by atomic mass is 10.0. The molecule has 1 fully saturated rings. The second kappa shape index (κ2) is 8.85. The molecule has 0 aliphatic carbocycles. The Bertz CT molecular complexity index is 1040. The van der Waals surface area contributed by atoms with Gasteiger partial charge in [-0.05, 0) is 30.7 Å². The summed E-state index contributed by atoms with van der Waals surface area (Å²) in [6.45, 7) is 4.28. The largest absolute Gasteiger partial charge is 0.465 e. The van der Waals surface area contributed by atoms with Crippen molar-refractivity contribution in [2.24, 2.45) is 0 Å². The molecule has 7 nitrogen and oxygen atoms in total. The van der Waals surface area contributed by atoms with Gasteiger partial charge in [0.2, 0.25) is 0 Å². The molecular weight excluding hydrogens is 404 g/mol. The maximum Gasteiger partial charge on any atom is 0.328 e. The summed E-state index contributed by atoms with van der Waals surface area (Å²) in [5.74, 6) is -0.328. The molecule has 0 bridgehead atoms. The molecule has 1 aliphatic rings. The first kappa shape index (κ1) is 20.4. The van der Waals surface area contributed by atoms with Gasteiger partial charge in [0.15, 0.2) is 0 Å². The Morgan fingerprint density at radius 3 is 2.57 bits per heavy atom. The first-order chi connectivity index (χ1) is 14.6. The van der Waals surface area contributed by atoms with Crippen LogP contribution in [0.5, 0.6) is 0 Å².